The van der Waals surface area contributed by atoms with Crippen molar-refractivity contribution in [2.75, 3.05) is 13.2 Å². The lowest BCUT2D eigenvalue weighted by Gasteiger charge is -2.17. The largest absolute Gasteiger partial charge is 0.511 e. The number of nitrogens with one attached hydrogen (secondary N) is 1. The lowest BCUT2D eigenvalue weighted by molar-refractivity contribution is -0.0465. The van der Waals surface area contributed by atoms with Gasteiger partial charge in [-0.25, -0.2) is 8.42 Å². The third kappa shape index (κ3) is 3.87. The zero-order valence-electron chi connectivity index (χ0n) is 12.7. The highest BCUT2D eigenvalue weighted by atomic mass is 32.2. The minimum Gasteiger partial charge on any atom is -0.490 e. The van der Waals surface area contributed by atoms with Gasteiger partial charge in [-0.1, -0.05) is 30.3 Å². The number of epoxide rings is 1. The summed E-state index contributed by atoms with van der Waals surface area (Å²) >= 11 is 0. The van der Waals surface area contributed by atoms with Crippen LogP contribution in [0.5, 0.6) is 5.75 Å². The molecule has 2 N–H and O–H groups in total. The molecule has 25 heavy (non-hydrogen) atoms. The number of hydrogen-bond acceptors (Lipinski definition) is 5. The summed E-state index contributed by atoms with van der Waals surface area (Å²) in [6.45, 7) is 0.931. The summed E-state index contributed by atoms with van der Waals surface area (Å²) in [4.78, 5) is 0. The van der Waals surface area contributed by atoms with Gasteiger partial charge in [0, 0.05) is 10.9 Å². The third-order valence-corrected chi connectivity index (χ3v) is 4.75. The normalized spacial score (nSPS) is 19.0. The lowest BCUT2D eigenvalue weighted by Crippen LogP contribution is -2.38. The molecule has 1 heterocycles. The Morgan fingerprint density at radius 1 is 1.24 bits per heavy atom. The highest BCUT2D eigenvalue weighted by Gasteiger charge is 2.47. The molecule has 1 saturated heterocycles. The molecule has 0 aliphatic carbocycles. The SMILES string of the molecule is O=S(=O)(NC(O)c1cccc2c(OCC3CO3)cccc12)C(F)(F)F. The molecule has 10 heteroatoms. The predicted molar refractivity (Wildman–Crippen MR) is 82.3 cm³/mol. The summed E-state index contributed by atoms with van der Waals surface area (Å²) in [7, 11) is -5.68. The summed E-state index contributed by atoms with van der Waals surface area (Å²) in [6.07, 6.45) is -2.04. The Hall–Kier alpha value is -1.88. The van der Waals surface area contributed by atoms with Gasteiger partial charge in [0.15, 0.2) is 0 Å². The van der Waals surface area contributed by atoms with Crippen LogP contribution in [0.3, 0.4) is 0 Å². The van der Waals surface area contributed by atoms with E-state index >= 15 is 0 Å². The second-order valence-electron chi connectivity index (χ2n) is 5.43. The molecule has 136 valence electrons. The Labute approximate surface area is 141 Å². The number of aliphatic hydroxyl groups excluding tert-OH is 1. The van der Waals surface area contributed by atoms with Gasteiger partial charge in [-0.15, -0.1) is 0 Å². The van der Waals surface area contributed by atoms with Crippen LogP contribution in [0.4, 0.5) is 13.2 Å². The molecule has 0 amide bonds. The van der Waals surface area contributed by atoms with Crippen molar-refractivity contribution in [2.45, 2.75) is 17.8 Å². The van der Waals surface area contributed by atoms with Gasteiger partial charge in [-0.2, -0.15) is 17.9 Å². The minimum absolute atomic E-state index is 0.0153. The van der Waals surface area contributed by atoms with Crippen LogP contribution < -0.4 is 9.46 Å². The highest BCUT2D eigenvalue weighted by molar-refractivity contribution is 7.90. The smallest absolute Gasteiger partial charge is 0.490 e. The van der Waals surface area contributed by atoms with Crippen molar-refractivity contribution < 1.29 is 36.2 Å². The number of aliphatic hydroxyl groups is 1. The van der Waals surface area contributed by atoms with Gasteiger partial charge in [-0.3, -0.25) is 0 Å². The number of fused-ring (bicyclic) bond motifs is 1. The first-order chi connectivity index (χ1) is 11.7. The Morgan fingerprint density at radius 3 is 2.52 bits per heavy atom. The van der Waals surface area contributed by atoms with Gasteiger partial charge in [-0.05, 0) is 11.5 Å². The summed E-state index contributed by atoms with van der Waals surface area (Å²) in [5, 5.41) is 10.9. The van der Waals surface area contributed by atoms with Gasteiger partial charge in [0.2, 0.25) is 0 Å². The molecule has 0 spiro atoms. The van der Waals surface area contributed by atoms with Gasteiger partial charge in [0.05, 0.1) is 6.61 Å². The van der Waals surface area contributed by atoms with Crippen LogP contribution in [-0.4, -0.2) is 38.4 Å². The average molecular weight is 377 g/mol. The van der Waals surface area contributed by atoms with Crippen LogP contribution in [0.1, 0.15) is 11.8 Å². The maximum Gasteiger partial charge on any atom is 0.511 e. The maximum absolute atomic E-state index is 12.5. The summed E-state index contributed by atoms with van der Waals surface area (Å²) in [5.74, 6) is 0.459. The van der Waals surface area contributed by atoms with Gasteiger partial charge >= 0.3 is 15.5 Å². The van der Waals surface area contributed by atoms with Crippen molar-refractivity contribution in [3.63, 3.8) is 0 Å². The van der Waals surface area contributed by atoms with E-state index in [2.05, 4.69) is 0 Å². The van der Waals surface area contributed by atoms with E-state index in [9.17, 15) is 26.7 Å². The van der Waals surface area contributed by atoms with Crippen molar-refractivity contribution in [3.05, 3.63) is 42.0 Å². The van der Waals surface area contributed by atoms with Crippen LogP contribution in [-0.2, 0) is 14.8 Å². The quantitative estimate of drug-likeness (QED) is 0.594. The molecule has 2 aromatic carbocycles. The fourth-order valence-electron chi connectivity index (χ4n) is 2.29. The van der Waals surface area contributed by atoms with Crippen LogP contribution >= 0.6 is 0 Å². The monoisotopic (exact) mass is 377 g/mol. The molecule has 1 aliphatic heterocycles. The number of alkyl halides is 3. The van der Waals surface area contributed by atoms with Gasteiger partial charge in [0.25, 0.3) is 0 Å². The summed E-state index contributed by atoms with van der Waals surface area (Å²) in [5.41, 5.74) is -5.53. The molecule has 0 radical (unpaired) electrons. The fourth-order valence-corrected chi connectivity index (χ4v) is 2.85. The predicted octanol–water partition coefficient (Wildman–Crippen LogP) is 2.05. The topological polar surface area (TPSA) is 88.2 Å². The molecule has 3 rings (SSSR count). The third-order valence-electron chi connectivity index (χ3n) is 3.61. The number of benzene rings is 2. The van der Waals surface area contributed by atoms with Crippen LogP contribution in [0, 0.1) is 0 Å². The highest BCUT2D eigenvalue weighted by Crippen LogP contribution is 2.32. The van der Waals surface area contributed by atoms with E-state index in [4.69, 9.17) is 9.47 Å². The van der Waals surface area contributed by atoms with Crippen molar-refractivity contribution in [2.24, 2.45) is 0 Å². The number of halogens is 3. The molecule has 2 aromatic rings. The Bertz CT molecular complexity index is 880. The summed E-state index contributed by atoms with van der Waals surface area (Å²) < 4.78 is 71.7. The lowest BCUT2D eigenvalue weighted by atomic mass is 10.0. The molecule has 2 atom stereocenters. The van der Waals surface area contributed by atoms with Crippen LogP contribution in [0.15, 0.2) is 36.4 Å². The molecule has 0 bridgehead atoms. The number of ether oxygens (including phenoxy) is 2. The zero-order chi connectivity index (χ0) is 18.2. The van der Waals surface area contributed by atoms with E-state index in [0.29, 0.717) is 29.7 Å². The Balaban J connectivity index is 1.92. The number of hydrogen-bond donors (Lipinski definition) is 2. The molecule has 2 unspecified atom stereocenters. The van der Waals surface area contributed by atoms with Crippen molar-refractivity contribution >= 4 is 20.8 Å². The first-order valence-corrected chi connectivity index (χ1v) is 8.70. The maximum atomic E-state index is 12.5. The summed E-state index contributed by atoms with van der Waals surface area (Å²) in [6, 6.07) is 9.30. The van der Waals surface area contributed by atoms with Crippen LogP contribution in [0.25, 0.3) is 10.8 Å². The molecule has 1 aliphatic rings. The van der Waals surface area contributed by atoms with Crippen LogP contribution in [0.2, 0.25) is 0 Å². The molecular weight excluding hydrogens is 363 g/mol. The first-order valence-electron chi connectivity index (χ1n) is 7.22. The second kappa shape index (κ2) is 6.45. The van der Waals surface area contributed by atoms with E-state index in [1.165, 1.54) is 16.9 Å². The molecule has 6 nitrogen and oxygen atoms in total. The minimum atomic E-state index is -5.68. The molecule has 1 fully saturated rings. The standard InChI is InChI=1S/C15H14F3NO5S/c16-15(17,18)25(21,22)19-14(20)12-5-1-4-11-10(12)3-2-6-13(11)24-8-9-7-23-9/h1-6,9,14,19-20H,7-8H2. The molecule has 0 saturated carbocycles. The Kier molecular flexibility index (Phi) is 4.62. The molecular formula is C15H14F3NO5S. The van der Waals surface area contributed by atoms with E-state index in [0.717, 1.165) is 0 Å². The van der Waals surface area contributed by atoms with Gasteiger partial charge in [0.1, 0.15) is 24.7 Å². The number of sulfonamides is 1. The average Bonchev–Trinajstić information content (AvgIpc) is 3.35. The van der Waals surface area contributed by atoms with Gasteiger partial charge < -0.3 is 14.6 Å². The fraction of sp³-hybridized carbons (Fsp3) is 0.333. The van der Waals surface area contributed by atoms with Crippen molar-refractivity contribution in [1.82, 2.24) is 4.72 Å². The van der Waals surface area contributed by atoms with E-state index < -0.39 is 21.8 Å². The van der Waals surface area contributed by atoms with E-state index in [1.807, 2.05) is 0 Å². The molecule has 0 aromatic heterocycles. The first kappa shape index (κ1) is 17.9. The second-order valence-corrected chi connectivity index (χ2v) is 7.14. The zero-order valence-corrected chi connectivity index (χ0v) is 13.5. The van der Waals surface area contributed by atoms with E-state index in [-0.39, 0.29) is 11.7 Å². The Morgan fingerprint density at radius 2 is 1.88 bits per heavy atom. The number of rotatable bonds is 6. The van der Waals surface area contributed by atoms with Crippen molar-refractivity contribution in [1.29, 1.82) is 0 Å². The van der Waals surface area contributed by atoms with E-state index in [1.54, 1.807) is 24.3 Å². The van der Waals surface area contributed by atoms with Crippen molar-refractivity contribution in [3.8, 4) is 5.75 Å².